The van der Waals surface area contributed by atoms with Gasteiger partial charge in [0.25, 0.3) is 0 Å². The van der Waals surface area contributed by atoms with Gasteiger partial charge in [-0.3, -0.25) is 4.98 Å². The number of aryl methyl sites for hydroxylation is 2. The molecular weight excluding hydrogens is 524 g/mol. The SMILES string of the molecule is Cc1nc(N)nc(N[C@@H]2C[C@H](C(C)(C)S(=O)(=O)c3ccccc3)[C@@H](O)[C@H]2O)c1-c1nc2c(C)nccc2s1. The molecule has 0 amide bonds. The standard InChI is InChI=1S/C26H30N6O4S2/c1-13-19(24-31-20-14(2)28-11-10-18(20)37-24)23(32-25(27)29-13)30-17-12-16(21(33)22(17)34)26(3,4)38(35,36)15-8-6-5-7-9-15/h5-11,16-17,21-22,33-34H,12H2,1-4H3,(H3,27,29,30,32)/t16-,17+,21+,22-/m0/s1. The van der Waals surface area contributed by atoms with E-state index in [0.717, 1.165) is 15.9 Å². The zero-order valence-corrected chi connectivity index (χ0v) is 23.1. The van der Waals surface area contributed by atoms with Gasteiger partial charge in [-0.2, -0.15) is 4.98 Å². The zero-order chi connectivity index (χ0) is 27.4. The molecule has 5 N–H and O–H groups in total. The van der Waals surface area contributed by atoms with Gasteiger partial charge in [0.1, 0.15) is 22.4 Å². The predicted octanol–water partition coefficient (Wildman–Crippen LogP) is 3.12. The van der Waals surface area contributed by atoms with E-state index in [-0.39, 0.29) is 17.3 Å². The Kier molecular flexibility index (Phi) is 6.62. The number of nitrogens with two attached hydrogens (primary N) is 1. The van der Waals surface area contributed by atoms with Crippen LogP contribution in [0, 0.1) is 19.8 Å². The van der Waals surface area contributed by atoms with Crippen molar-refractivity contribution in [1.82, 2.24) is 19.9 Å². The number of benzene rings is 1. The maximum atomic E-state index is 13.5. The van der Waals surface area contributed by atoms with Crippen molar-refractivity contribution in [2.75, 3.05) is 11.1 Å². The topological polar surface area (TPSA) is 164 Å². The molecule has 4 aromatic rings. The van der Waals surface area contributed by atoms with E-state index in [4.69, 9.17) is 10.7 Å². The van der Waals surface area contributed by atoms with E-state index in [1.807, 2.05) is 13.0 Å². The van der Waals surface area contributed by atoms with Crippen LogP contribution >= 0.6 is 11.3 Å². The molecule has 0 spiro atoms. The van der Waals surface area contributed by atoms with Crippen LogP contribution in [0.5, 0.6) is 0 Å². The number of thiazole rings is 1. The summed E-state index contributed by atoms with van der Waals surface area (Å²) in [5.74, 6) is -0.343. The van der Waals surface area contributed by atoms with E-state index >= 15 is 0 Å². The number of nitrogen functional groups attached to an aromatic ring is 1. The molecule has 10 nitrogen and oxygen atoms in total. The first-order chi connectivity index (χ1) is 17.9. The Morgan fingerprint density at radius 3 is 2.42 bits per heavy atom. The molecule has 4 atom stereocenters. The highest BCUT2D eigenvalue weighted by Crippen LogP contribution is 2.44. The Morgan fingerprint density at radius 1 is 1.03 bits per heavy atom. The lowest BCUT2D eigenvalue weighted by Crippen LogP contribution is -2.45. The fourth-order valence-electron chi connectivity index (χ4n) is 5.19. The monoisotopic (exact) mass is 554 g/mol. The normalized spacial score (nSPS) is 22.2. The Bertz CT molecular complexity index is 1610. The molecule has 1 aliphatic rings. The second kappa shape index (κ2) is 9.53. The van der Waals surface area contributed by atoms with Crippen LogP contribution < -0.4 is 11.1 Å². The van der Waals surface area contributed by atoms with Gasteiger partial charge in [-0.05, 0) is 52.3 Å². The Morgan fingerprint density at radius 2 is 1.74 bits per heavy atom. The van der Waals surface area contributed by atoms with Gasteiger partial charge in [-0.25, -0.2) is 18.4 Å². The molecule has 12 heteroatoms. The summed E-state index contributed by atoms with van der Waals surface area (Å²) in [4.78, 5) is 18.0. The molecule has 1 saturated carbocycles. The van der Waals surface area contributed by atoms with Crippen LogP contribution in [-0.2, 0) is 9.84 Å². The molecule has 0 unspecified atom stereocenters. The summed E-state index contributed by atoms with van der Waals surface area (Å²) in [6.07, 6.45) is -0.600. The summed E-state index contributed by atoms with van der Waals surface area (Å²) in [5.41, 5.74) is 8.78. The average Bonchev–Trinajstić information content (AvgIpc) is 3.42. The molecule has 1 fully saturated rings. The molecular formula is C26H30N6O4S2. The fourth-order valence-corrected chi connectivity index (χ4v) is 8.06. The minimum Gasteiger partial charge on any atom is -0.390 e. The van der Waals surface area contributed by atoms with Crippen molar-refractivity contribution in [2.45, 2.75) is 62.0 Å². The molecule has 1 aromatic carbocycles. The summed E-state index contributed by atoms with van der Waals surface area (Å²) < 4.78 is 26.7. The lowest BCUT2D eigenvalue weighted by molar-refractivity contribution is 0.0105. The molecule has 1 aliphatic carbocycles. The average molecular weight is 555 g/mol. The van der Waals surface area contributed by atoms with Crippen LogP contribution in [0.2, 0.25) is 0 Å². The van der Waals surface area contributed by atoms with E-state index in [1.54, 1.807) is 57.3 Å². The number of nitrogens with one attached hydrogen (secondary N) is 1. The number of hydrogen-bond acceptors (Lipinski definition) is 11. The highest BCUT2D eigenvalue weighted by molar-refractivity contribution is 7.92. The number of aliphatic hydroxyl groups is 2. The smallest absolute Gasteiger partial charge is 0.222 e. The van der Waals surface area contributed by atoms with E-state index in [9.17, 15) is 18.6 Å². The minimum atomic E-state index is -3.82. The lowest BCUT2D eigenvalue weighted by atomic mass is 9.91. The van der Waals surface area contributed by atoms with Crippen LogP contribution in [0.3, 0.4) is 0 Å². The molecule has 38 heavy (non-hydrogen) atoms. The second-order valence-electron chi connectivity index (χ2n) is 10.1. The van der Waals surface area contributed by atoms with E-state index < -0.39 is 38.8 Å². The van der Waals surface area contributed by atoms with Crippen LogP contribution in [0.25, 0.3) is 20.8 Å². The first-order valence-corrected chi connectivity index (χ1v) is 14.5. The van der Waals surface area contributed by atoms with Crippen LogP contribution in [-0.4, -0.2) is 61.6 Å². The molecule has 3 heterocycles. The van der Waals surface area contributed by atoms with Crippen molar-refractivity contribution in [3.05, 3.63) is 54.0 Å². The summed E-state index contributed by atoms with van der Waals surface area (Å²) in [7, 11) is -3.82. The Labute approximate surface area is 224 Å². The Balaban J connectivity index is 1.50. The fraction of sp³-hybridized carbons (Fsp3) is 0.385. The number of anilines is 2. The van der Waals surface area contributed by atoms with Gasteiger partial charge in [0.2, 0.25) is 5.95 Å². The summed E-state index contributed by atoms with van der Waals surface area (Å²) in [5, 5.41) is 26.0. The number of aromatic nitrogens is 4. The Hall–Kier alpha value is -3.19. The van der Waals surface area contributed by atoms with E-state index in [2.05, 4.69) is 20.3 Å². The van der Waals surface area contributed by atoms with Gasteiger partial charge in [0.15, 0.2) is 9.84 Å². The number of sulfone groups is 1. The number of pyridine rings is 1. The van der Waals surface area contributed by atoms with Gasteiger partial charge in [-0.15, -0.1) is 11.3 Å². The number of nitrogens with zero attached hydrogens (tertiary/aromatic N) is 4. The highest BCUT2D eigenvalue weighted by Gasteiger charge is 2.54. The van der Waals surface area contributed by atoms with Crippen molar-refractivity contribution < 1.29 is 18.6 Å². The number of aliphatic hydroxyl groups excluding tert-OH is 2. The number of hydrogen-bond donors (Lipinski definition) is 4. The van der Waals surface area contributed by atoms with Crippen LogP contribution in [0.15, 0.2) is 47.5 Å². The minimum absolute atomic E-state index is 0.0456. The van der Waals surface area contributed by atoms with Crippen LogP contribution in [0.4, 0.5) is 11.8 Å². The predicted molar refractivity (Wildman–Crippen MR) is 148 cm³/mol. The van der Waals surface area contributed by atoms with Crippen molar-refractivity contribution in [3.63, 3.8) is 0 Å². The van der Waals surface area contributed by atoms with Gasteiger partial charge < -0.3 is 21.3 Å². The third kappa shape index (κ3) is 4.31. The van der Waals surface area contributed by atoms with Crippen molar-refractivity contribution in [1.29, 1.82) is 0 Å². The quantitative estimate of drug-likeness (QED) is 0.278. The maximum Gasteiger partial charge on any atom is 0.222 e. The van der Waals surface area contributed by atoms with Gasteiger partial charge in [0, 0.05) is 12.1 Å². The third-order valence-electron chi connectivity index (χ3n) is 7.45. The molecule has 3 aromatic heterocycles. The summed E-state index contributed by atoms with van der Waals surface area (Å²) >= 11 is 1.46. The van der Waals surface area contributed by atoms with Crippen molar-refractivity contribution >= 4 is 43.2 Å². The zero-order valence-electron chi connectivity index (χ0n) is 21.5. The largest absolute Gasteiger partial charge is 0.390 e. The molecule has 0 radical (unpaired) electrons. The molecule has 200 valence electrons. The summed E-state index contributed by atoms with van der Waals surface area (Å²) in [6.45, 7) is 6.87. The molecule has 0 aliphatic heterocycles. The van der Waals surface area contributed by atoms with Crippen LogP contribution in [0.1, 0.15) is 31.7 Å². The van der Waals surface area contributed by atoms with Gasteiger partial charge in [0.05, 0.1) is 43.4 Å². The van der Waals surface area contributed by atoms with Gasteiger partial charge >= 0.3 is 0 Å². The lowest BCUT2D eigenvalue weighted by Gasteiger charge is -2.33. The first-order valence-electron chi connectivity index (χ1n) is 12.2. The second-order valence-corrected chi connectivity index (χ2v) is 13.7. The third-order valence-corrected chi connectivity index (χ3v) is 11.1. The maximum absolute atomic E-state index is 13.5. The number of rotatable bonds is 6. The van der Waals surface area contributed by atoms with E-state index in [0.29, 0.717) is 22.1 Å². The molecule has 5 rings (SSSR count). The highest BCUT2D eigenvalue weighted by atomic mass is 32.2. The van der Waals surface area contributed by atoms with Gasteiger partial charge in [-0.1, -0.05) is 18.2 Å². The summed E-state index contributed by atoms with van der Waals surface area (Å²) in [6, 6.07) is 9.35. The molecule has 0 saturated heterocycles. The van der Waals surface area contributed by atoms with Crippen molar-refractivity contribution in [2.24, 2.45) is 5.92 Å². The first kappa shape index (κ1) is 26.4. The van der Waals surface area contributed by atoms with Crippen molar-refractivity contribution in [3.8, 4) is 10.6 Å². The molecule has 0 bridgehead atoms. The number of fused-ring (bicyclic) bond motifs is 1. The van der Waals surface area contributed by atoms with E-state index in [1.165, 1.54) is 11.3 Å².